The topological polar surface area (TPSA) is 55.8 Å². The number of esters is 1. The highest BCUT2D eigenvalue weighted by atomic mass is 16.6. The van der Waals surface area contributed by atoms with E-state index in [1.165, 1.54) is 13.2 Å². The molecule has 0 fully saturated rings. The molecule has 4 heteroatoms. The predicted octanol–water partition coefficient (Wildman–Crippen LogP) is 0.603. The maximum absolute atomic E-state index is 11.0. The van der Waals surface area contributed by atoms with Gasteiger partial charge < -0.3 is 14.6 Å². The van der Waals surface area contributed by atoms with E-state index in [0.29, 0.717) is 18.6 Å². The minimum absolute atomic E-state index is 0.444. The molecule has 0 saturated heterocycles. The highest BCUT2D eigenvalue weighted by Gasteiger charge is 2.27. The summed E-state index contributed by atoms with van der Waals surface area (Å²) in [5.41, 5.74) is 0. The maximum atomic E-state index is 11.0. The summed E-state index contributed by atoms with van der Waals surface area (Å²) < 4.78 is 9.86. The second kappa shape index (κ2) is 4.28. The van der Waals surface area contributed by atoms with Crippen LogP contribution in [0.2, 0.25) is 0 Å². The first-order valence-electron chi connectivity index (χ1n) is 4.30. The first kappa shape index (κ1) is 10.1. The summed E-state index contributed by atoms with van der Waals surface area (Å²) >= 11 is 0. The van der Waals surface area contributed by atoms with Crippen molar-refractivity contribution in [3.63, 3.8) is 0 Å². The predicted molar refractivity (Wildman–Crippen MR) is 45.9 cm³/mol. The molecule has 0 aliphatic carbocycles. The first-order chi connectivity index (χ1) is 6.17. The van der Waals surface area contributed by atoms with Crippen LogP contribution >= 0.6 is 0 Å². The van der Waals surface area contributed by atoms with E-state index in [-0.39, 0.29) is 0 Å². The molecular weight excluding hydrogens is 172 g/mol. The Morgan fingerprint density at radius 1 is 1.85 bits per heavy atom. The molecule has 0 radical (unpaired) electrons. The Morgan fingerprint density at radius 3 is 3.08 bits per heavy atom. The van der Waals surface area contributed by atoms with Crippen LogP contribution in [0.3, 0.4) is 0 Å². The highest BCUT2D eigenvalue weighted by molar-refractivity contribution is 5.83. The molecule has 1 heterocycles. The molecular formula is C9H14O4. The van der Waals surface area contributed by atoms with Crippen LogP contribution in [0.5, 0.6) is 0 Å². The van der Waals surface area contributed by atoms with E-state index in [9.17, 15) is 9.90 Å². The molecule has 0 spiro atoms. The molecule has 0 bridgehead atoms. The lowest BCUT2D eigenvalue weighted by molar-refractivity contribution is -0.151. The average Bonchev–Trinajstić information content (AvgIpc) is 2.15. The van der Waals surface area contributed by atoms with Crippen LogP contribution in [0.4, 0.5) is 0 Å². The van der Waals surface area contributed by atoms with Crippen molar-refractivity contribution in [2.75, 3.05) is 7.11 Å². The van der Waals surface area contributed by atoms with E-state index >= 15 is 0 Å². The summed E-state index contributed by atoms with van der Waals surface area (Å²) in [6.45, 7) is 1.84. The second-order valence-electron chi connectivity index (χ2n) is 2.97. The van der Waals surface area contributed by atoms with Crippen molar-refractivity contribution >= 4 is 5.97 Å². The second-order valence-corrected chi connectivity index (χ2v) is 2.97. The Hall–Kier alpha value is -1.03. The molecule has 0 unspecified atom stereocenters. The Labute approximate surface area is 77.1 Å². The maximum Gasteiger partial charge on any atom is 0.334 e. The van der Waals surface area contributed by atoms with Gasteiger partial charge in [0.1, 0.15) is 11.9 Å². The summed E-state index contributed by atoms with van der Waals surface area (Å²) in [6, 6.07) is 0. The molecule has 0 saturated carbocycles. The molecule has 0 aromatic carbocycles. The molecule has 1 aliphatic rings. The average molecular weight is 186 g/mol. The van der Waals surface area contributed by atoms with Crippen LogP contribution in [-0.4, -0.2) is 30.4 Å². The van der Waals surface area contributed by atoms with E-state index in [0.717, 1.165) is 0 Å². The van der Waals surface area contributed by atoms with Crippen molar-refractivity contribution in [3.05, 3.63) is 11.8 Å². The van der Waals surface area contributed by atoms with Gasteiger partial charge in [-0.25, -0.2) is 4.79 Å². The smallest absolute Gasteiger partial charge is 0.334 e. The fraction of sp³-hybridized carbons (Fsp3) is 0.667. The van der Waals surface area contributed by atoms with E-state index < -0.39 is 18.2 Å². The van der Waals surface area contributed by atoms with Gasteiger partial charge in [-0.05, 0) is 6.42 Å². The summed E-state index contributed by atoms with van der Waals surface area (Å²) in [5, 5.41) is 9.45. The van der Waals surface area contributed by atoms with Crippen LogP contribution < -0.4 is 0 Å². The Kier molecular flexibility index (Phi) is 3.31. The van der Waals surface area contributed by atoms with Crippen molar-refractivity contribution in [1.82, 2.24) is 0 Å². The molecule has 2 atom stereocenters. The highest BCUT2D eigenvalue weighted by Crippen LogP contribution is 2.19. The van der Waals surface area contributed by atoms with Gasteiger partial charge in [0.15, 0.2) is 0 Å². The zero-order valence-electron chi connectivity index (χ0n) is 7.82. The van der Waals surface area contributed by atoms with Gasteiger partial charge in [-0.1, -0.05) is 6.92 Å². The zero-order valence-corrected chi connectivity index (χ0v) is 7.82. The summed E-state index contributed by atoms with van der Waals surface area (Å²) in [7, 11) is 1.50. The number of hydrogen-bond donors (Lipinski definition) is 1. The molecule has 0 aromatic heterocycles. The third kappa shape index (κ3) is 2.45. The number of rotatable bonds is 3. The third-order valence-corrected chi connectivity index (χ3v) is 2.06. The number of cyclic esters (lactones) is 1. The van der Waals surface area contributed by atoms with Crippen molar-refractivity contribution in [1.29, 1.82) is 0 Å². The van der Waals surface area contributed by atoms with Crippen LogP contribution in [0.15, 0.2) is 11.8 Å². The Morgan fingerprint density at radius 2 is 2.54 bits per heavy atom. The molecule has 0 aromatic rings. The van der Waals surface area contributed by atoms with Gasteiger partial charge in [0.2, 0.25) is 0 Å². The quantitative estimate of drug-likeness (QED) is 0.656. The zero-order chi connectivity index (χ0) is 9.84. The number of methoxy groups -OCH3 is 1. The minimum atomic E-state index is -0.609. The minimum Gasteiger partial charge on any atom is -0.501 e. The van der Waals surface area contributed by atoms with E-state index in [1.54, 1.807) is 0 Å². The van der Waals surface area contributed by atoms with Crippen molar-refractivity contribution in [2.24, 2.45) is 0 Å². The lowest BCUT2D eigenvalue weighted by atomic mass is 10.1. The molecule has 1 aliphatic heterocycles. The fourth-order valence-corrected chi connectivity index (χ4v) is 1.23. The van der Waals surface area contributed by atoms with Crippen LogP contribution in [0.25, 0.3) is 0 Å². The summed E-state index contributed by atoms with van der Waals surface area (Å²) in [5.74, 6) is 0.120. The molecule has 0 amide bonds. The number of ether oxygens (including phenoxy) is 2. The monoisotopic (exact) mass is 186 g/mol. The van der Waals surface area contributed by atoms with Gasteiger partial charge in [-0.3, -0.25) is 0 Å². The SMILES string of the molecule is CC[C@H](O)[C@H]1CC(OC)=CC(=O)O1. The van der Waals surface area contributed by atoms with Crippen LogP contribution in [0.1, 0.15) is 19.8 Å². The number of aliphatic hydroxyl groups is 1. The van der Waals surface area contributed by atoms with Crippen molar-refractivity contribution in [2.45, 2.75) is 32.0 Å². The summed E-state index contributed by atoms with van der Waals surface area (Å²) in [4.78, 5) is 11.0. The molecule has 4 nitrogen and oxygen atoms in total. The van der Waals surface area contributed by atoms with E-state index in [2.05, 4.69) is 0 Å². The molecule has 13 heavy (non-hydrogen) atoms. The van der Waals surface area contributed by atoms with Gasteiger partial charge in [-0.15, -0.1) is 0 Å². The third-order valence-electron chi connectivity index (χ3n) is 2.06. The molecule has 1 N–H and O–H groups in total. The molecule has 1 rings (SSSR count). The number of hydrogen-bond acceptors (Lipinski definition) is 4. The number of carbonyl (C=O) groups is 1. The fourth-order valence-electron chi connectivity index (χ4n) is 1.23. The van der Waals surface area contributed by atoms with E-state index in [1.807, 2.05) is 6.92 Å². The first-order valence-corrected chi connectivity index (χ1v) is 4.30. The molecule has 74 valence electrons. The normalized spacial score (nSPS) is 24.7. The van der Waals surface area contributed by atoms with Crippen LogP contribution in [0, 0.1) is 0 Å². The largest absolute Gasteiger partial charge is 0.501 e. The van der Waals surface area contributed by atoms with Crippen LogP contribution in [-0.2, 0) is 14.3 Å². The van der Waals surface area contributed by atoms with Gasteiger partial charge in [0, 0.05) is 6.42 Å². The van der Waals surface area contributed by atoms with Gasteiger partial charge in [0.25, 0.3) is 0 Å². The van der Waals surface area contributed by atoms with E-state index in [4.69, 9.17) is 9.47 Å². The number of aliphatic hydroxyl groups excluding tert-OH is 1. The Balaban J connectivity index is 2.63. The lowest BCUT2D eigenvalue weighted by Gasteiger charge is -2.25. The van der Waals surface area contributed by atoms with Gasteiger partial charge in [-0.2, -0.15) is 0 Å². The van der Waals surface area contributed by atoms with Crippen molar-refractivity contribution < 1.29 is 19.4 Å². The van der Waals surface area contributed by atoms with Crippen molar-refractivity contribution in [3.8, 4) is 0 Å². The lowest BCUT2D eigenvalue weighted by Crippen LogP contribution is -2.33. The summed E-state index contributed by atoms with van der Waals surface area (Å²) in [6.07, 6.45) is 1.26. The van der Waals surface area contributed by atoms with Gasteiger partial charge >= 0.3 is 5.97 Å². The standard InChI is InChI=1S/C9H14O4/c1-3-7(10)8-4-6(12-2)5-9(11)13-8/h5,7-8,10H,3-4H2,1-2H3/t7-,8+/m0/s1. The Bertz CT molecular complexity index is 222. The van der Waals surface area contributed by atoms with Gasteiger partial charge in [0.05, 0.1) is 19.3 Å². The number of carbonyl (C=O) groups excluding carboxylic acids is 1.